The number of carbonyl (C=O) groups excluding carboxylic acids is 1. The normalized spacial score (nSPS) is 10.7. The van der Waals surface area contributed by atoms with E-state index in [1.54, 1.807) is 18.4 Å². The van der Waals surface area contributed by atoms with Crippen LogP contribution in [0.3, 0.4) is 0 Å². The van der Waals surface area contributed by atoms with E-state index in [1.165, 1.54) is 26.1 Å². The minimum absolute atomic E-state index is 0.0917. The molecule has 2 aromatic heterocycles. The van der Waals surface area contributed by atoms with Crippen molar-refractivity contribution in [3.63, 3.8) is 0 Å². The molecule has 5 rings (SSSR count). The first-order valence-corrected chi connectivity index (χ1v) is 11.0. The molecule has 5 heteroatoms. The highest BCUT2D eigenvalue weighted by molar-refractivity contribution is 7.19. The molecular formula is C26H25N3OS. The molecule has 0 saturated heterocycles. The number of benzene rings is 3. The van der Waals surface area contributed by atoms with Gasteiger partial charge in [-0.15, -0.1) is 11.3 Å². The highest BCUT2D eigenvalue weighted by atomic mass is 32.1. The monoisotopic (exact) mass is 427 g/mol. The van der Waals surface area contributed by atoms with Crippen LogP contribution in [-0.2, 0) is 6.54 Å². The van der Waals surface area contributed by atoms with Crippen LogP contribution in [0.15, 0.2) is 79.1 Å². The molecule has 0 saturated carbocycles. The zero-order valence-electron chi connectivity index (χ0n) is 17.9. The van der Waals surface area contributed by atoms with Crippen LogP contribution in [0.25, 0.3) is 21.1 Å². The van der Waals surface area contributed by atoms with Crippen LogP contribution in [0.4, 0.5) is 0 Å². The number of nitrogens with one attached hydrogen (secondary N) is 1. The molecule has 0 atom stereocenters. The van der Waals surface area contributed by atoms with Gasteiger partial charge in [-0.1, -0.05) is 53.6 Å². The van der Waals surface area contributed by atoms with Crippen molar-refractivity contribution in [1.82, 2.24) is 14.9 Å². The highest BCUT2D eigenvalue weighted by Crippen LogP contribution is 2.27. The SMILES string of the molecule is CNC(=O)c1ccc2c(c1)ncn2Cc1cc2ccccc2s1.Cc1ccc(C)cc1. The van der Waals surface area contributed by atoms with Crippen molar-refractivity contribution in [3.05, 3.63) is 101 Å². The molecule has 1 N–H and O–H groups in total. The van der Waals surface area contributed by atoms with Gasteiger partial charge in [-0.3, -0.25) is 4.79 Å². The Labute approximate surface area is 186 Å². The third-order valence-electron chi connectivity index (χ3n) is 5.13. The van der Waals surface area contributed by atoms with Gasteiger partial charge in [-0.25, -0.2) is 4.98 Å². The molecule has 0 aliphatic carbocycles. The second-order valence-electron chi connectivity index (χ2n) is 7.56. The number of aromatic nitrogens is 2. The Balaban J connectivity index is 0.000000245. The molecule has 0 aliphatic heterocycles. The summed E-state index contributed by atoms with van der Waals surface area (Å²) in [4.78, 5) is 17.4. The summed E-state index contributed by atoms with van der Waals surface area (Å²) >= 11 is 1.80. The maximum atomic E-state index is 11.7. The second kappa shape index (κ2) is 9.14. The first kappa shape index (κ1) is 20.8. The van der Waals surface area contributed by atoms with Gasteiger partial charge in [0.05, 0.1) is 23.9 Å². The fourth-order valence-corrected chi connectivity index (χ4v) is 4.46. The van der Waals surface area contributed by atoms with Gasteiger partial charge >= 0.3 is 0 Å². The first-order chi connectivity index (χ1) is 15.0. The van der Waals surface area contributed by atoms with Crippen LogP contribution >= 0.6 is 11.3 Å². The smallest absolute Gasteiger partial charge is 0.251 e. The average molecular weight is 428 g/mol. The quantitative estimate of drug-likeness (QED) is 0.386. The minimum atomic E-state index is -0.0917. The average Bonchev–Trinajstić information content (AvgIpc) is 3.39. The summed E-state index contributed by atoms with van der Waals surface area (Å²) in [5.41, 5.74) is 5.17. The van der Waals surface area contributed by atoms with Gasteiger partial charge in [0.25, 0.3) is 5.91 Å². The van der Waals surface area contributed by atoms with Gasteiger partial charge in [-0.05, 0) is 49.6 Å². The maximum Gasteiger partial charge on any atom is 0.251 e. The van der Waals surface area contributed by atoms with Crippen molar-refractivity contribution in [3.8, 4) is 0 Å². The van der Waals surface area contributed by atoms with Crippen molar-refractivity contribution in [1.29, 1.82) is 0 Å². The van der Waals surface area contributed by atoms with Crippen molar-refractivity contribution in [2.45, 2.75) is 20.4 Å². The number of fused-ring (bicyclic) bond motifs is 2. The van der Waals surface area contributed by atoms with E-state index in [1.807, 2.05) is 24.5 Å². The van der Waals surface area contributed by atoms with Crippen LogP contribution in [0, 0.1) is 13.8 Å². The Morgan fingerprint density at radius 2 is 1.68 bits per heavy atom. The van der Waals surface area contributed by atoms with Gasteiger partial charge < -0.3 is 9.88 Å². The van der Waals surface area contributed by atoms with E-state index in [9.17, 15) is 4.79 Å². The third-order valence-corrected chi connectivity index (χ3v) is 6.23. The number of imidazole rings is 1. The van der Waals surface area contributed by atoms with Crippen molar-refractivity contribution in [2.75, 3.05) is 7.05 Å². The largest absolute Gasteiger partial charge is 0.355 e. The molecule has 0 spiro atoms. The molecule has 0 aliphatic rings. The number of hydrogen-bond donors (Lipinski definition) is 1. The van der Waals surface area contributed by atoms with E-state index in [4.69, 9.17) is 0 Å². The van der Waals surface area contributed by atoms with Crippen LogP contribution in [0.2, 0.25) is 0 Å². The molecule has 4 nitrogen and oxygen atoms in total. The Morgan fingerprint density at radius 1 is 0.968 bits per heavy atom. The number of thiophene rings is 1. The van der Waals surface area contributed by atoms with Crippen LogP contribution in [0.1, 0.15) is 26.4 Å². The predicted octanol–water partition coefficient (Wildman–Crippen LogP) is 5.96. The molecular weight excluding hydrogens is 402 g/mol. The molecule has 0 radical (unpaired) electrons. The summed E-state index contributed by atoms with van der Waals surface area (Å²) < 4.78 is 3.42. The Kier molecular flexibility index (Phi) is 6.14. The van der Waals surface area contributed by atoms with Crippen LogP contribution < -0.4 is 5.32 Å². The van der Waals surface area contributed by atoms with Crippen LogP contribution in [0.5, 0.6) is 0 Å². The Morgan fingerprint density at radius 3 is 2.35 bits per heavy atom. The van der Waals surface area contributed by atoms with Gasteiger partial charge in [0.2, 0.25) is 0 Å². The van der Waals surface area contributed by atoms with E-state index in [0.29, 0.717) is 5.56 Å². The molecule has 5 aromatic rings. The number of carbonyl (C=O) groups is 1. The van der Waals surface area contributed by atoms with Crippen molar-refractivity contribution >= 4 is 38.4 Å². The highest BCUT2D eigenvalue weighted by Gasteiger charge is 2.09. The van der Waals surface area contributed by atoms with Gasteiger partial charge in [-0.2, -0.15) is 0 Å². The minimum Gasteiger partial charge on any atom is -0.355 e. The third kappa shape index (κ3) is 4.84. The summed E-state index contributed by atoms with van der Waals surface area (Å²) in [6.07, 6.45) is 1.84. The maximum absolute atomic E-state index is 11.7. The lowest BCUT2D eigenvalue weighted by atomic mass is 10.2. The molecule has 156 valence electrons. The molecule has 2 heterocycles. The fraction of sp³-hybridized carbons (Fsp3) is 0.154. The van der Waals surface area contributed by atoms with Gasteiger partial charge in [0, 0.05) is 22.2 Å². The second-order valence-corrected chi connectivity index (χ2v) is 8.73. The lowest BCUT2D eigenvalue weighted by Crippen LogP contribution is -2.17. The molecule has 1 amide bonds. The first-order valence-electron chi connectivity index (χ1n) is 10.2. The molecule has 0 fully saturated rings. The van der Waals surface area contributed by atoms with Crippen molar-refractivity contribution in [2.24, 2.45) is 0 Å². The zero-order valence-corrected chi connectivity index (χ0v) is 18.7. The zero-order chi connectivity index (χ0) is 21.8. The van der Waals surface area contributed by atoms with E-state index < -0.39 is 0 Å². The van der Waals surface area contributed by atoms with E-state index >= 15 is 0 Å². The van der Waals surface area contributed by atoms with Gasteiger partial charge in [0.15, 0.2) is 0 Å². The fourth-order valence-electron chi connectivity index (χ4n) is 3.39. The van der Waals surface area contributed by atoms with E-state index in [-0.39, 0.29) is 5.91 Å². The lowest BCUT2D eigenvalue weighted by molar-refractivity contribution is 0.0963. The summed E-state index contributed by atoms with van der Waals surface area (Å²) in [6.45, 7) is 4.98. The Hall–Kier alpha value is -3.44. The van der Waals surface area contributed by atoms with Crippen molar-refractivity contribution < 1.29 is 4.79 Å². The number of rotatable bonds is 3. The molecule has 31 heavy (non-hydrogen) atoms. The standard InChI is InChI=1S/C18H15N3OS.C8H10/c1-19-18(22)13-6-7-16-15(9-13)20-11-21(16)10-14-8-12-4-2-3-5-17(12)23-14;1-7-3-5-8(2)6-4-7/h2-9,11H,10H2,1H3,(H,19,22);3-6H,1-2H3. The number of aryl methyl sites for hydroxylation is 2. The topological polar surface area (TPSA) is 46.9 Å². The lowest BCUT2D eigenvalue weighted by Gasteiger charge is -2.03. The number of amides is 1. The number of nitrogens with zero attached hydrogens (tertiary/aromatic N) is 2. The molecule has 3 aromatic carbocycles. The number of hydrogen-bond acceptors (Lipinski definition) is 3. The molecule has 0 bridgehead atoms. The van der Waals surface area contributed by atoms with E-state index in [2.05, 4.69) is 83.3 Å². The summed E-state index contributed by atoms with van der Waals surface area (Å²) in [7, 11) is 1.63. The predicted molar refractivity (Wildman–Crippen MR) is 130 cm³/mol. The van der Waals surface area contributed by atoms with Gasteiger partial charge in [0.1, 0.15) is 0 Å². The summed E-state index contributed by atoms with van der Waals surface area (Å²) in [6, 6.07) is 24.7. The summed E-state index contributed by atoms with van der Waals surface area (Å²) in [5.74, 6) is -0.0917. The Bertz CT molecular complexity index is 1280. The van der Waals surface area contributed by atoms with E-state index in [0.717, 1.165) is 17.6 Å². The molecule has 0 unspecified atom stereocenters. The summed E-state index contributed by atoms with van der Waals surface area (Å²) in [5, 5.41) is 3.91. The van der Waals surface area contributed by atoms with Crippen LogP contribution in [-0.4, -0.2) is 22.5 Å².